The van der Waals surface area contributed by atoms with Gasteiger partial charge in [0.1, 0.15) is 12.4 Å². The number of fused-ring (bicyclic) bond motifs is 3. The van der Waals surface area contributed by atoms with Crippen LogP contribution in [0.4, 0.5) is 0 Å². The number of carbonyl (C=O) groups excluding carboxylic acids is 1. The van der Waals surface area contributed by atoms with Crippen LogP contribution in [0.15, 0.2) is 72.8 Å². The Labute approximate surface area is 173 Å². The quantitative estimate of drug-likeness (QED) is 0.431. The molecule has 0 radical (unpaired) electrons. The zero-order valence-electron chi connectivity index (χ0n) is 16.1. The van der Waals surface area contributed by atoms with Crippen molar-refractivity contribution in [2.45, 2.75) is 17.9 Å². The number of esters is 1. The Morgan fingerprint density at radius 3 is 1.97 bits per heavy atom. The fraction of sp³-hybridized carbons (Fsp3) is 0.167. The van der Waals surface area contributed by atoms with E-state index in [4.69, 9.17) is 10.5 Å². The van der Waals surface area contributed by atoms with E-state index >= 15 is 0 Å². The molecule has 0 amide bonds. The van der Waals surface area contributed by atoms with Gasteiger partial charge in [0.15, 0.2) is 0 Å². The summed E-state index contributed by atoms with van der Waals surface area (Å²) < 4.78 is 5.47. The Morgan fingerprint density at radius 1 is 0.900 bits per heavy atom. The fourth-order valence-electron chi connectivity index (χ4n) is 3.90. The molecule has 1 aliphatic carbocycles. The Bertz CT molecular complexity index is 1060. The smallest absolute Gasteiger partial charge is 0.338 e. The van der Waals surface area contributed by atoms with Crippen LogP contribution in [0.5, 0.6) is 5.75 Å². The van der Waals surface area contributed by atoms with Gasteiger partial charge in [0, 0.05) is 12.3 Å². The standard InChI is InChI=1S/C24H21NO5/c25-24(22(27)28,13-15-9-11-16(26)12-10-15)23(29)30-14-21-19-7-3-1-5-17(19)18-6-2-4-8-20(18)21/h1-12,21,26H,13-14,25H2,(H,27,28)/t24-/m0/s1. The molecule has 6 nitrogen and oxygen atoms in total. The Hall–Kier alpha value is -3.64. The third-order valence-electron chi connectivity index (χ3n) is 5.51. The van der Waals surface area contributed by atoms with E-state index in [0.717, 1.165) is 22.3 Å². The molecular formula is C24H21NO5. The van der Waals surface area contributed by atoms with Crippen molar-refractivity contribution in [3.8, 4) is 16.9 Å². The minimum Gasteiger partial charge on any atom is -0.508 e. The highest BCUT2D eigenvalue weighted by Crippen LogP contribution is 2.44. The van der Waals surface area contributed by atoms with Crippen molar-refractivity contribution < 1.29 is 24.5 Å². The third-order valence-corrected chi connectivity index (χ3v) is 5.51. The number of carboxylic acids is 1. The molecule has 0 saturated carbocycles. The number of carboxylic acid groups (broad SMARTS) is 1. The first kappa shape index (κ1) is 19.7. The van der Waals surface area contributed by atoms with E-state index in [1.165, 1.54) is 24.3 Å². The van der Waals surface area contributed by atoms with Crippen molar-refractivity contribution in [1.82, 2.24) is 0 Å². The average molecular weight is 403 g/mol. The summed E-state index contributed by atoms with van der Waals surface area (Å²) in [5.74, 6) is -2.61. The maximum Gasteiger partial charge on any atom is 0.338 e. The van der Waals surface area contributed by atoms with Gasteiger partial charge in [0.25, 0.3) is 0 Å². The average Bonchev–Trinajstić information content (AvgIpc) is 3.07. The lowest BCUT2D eigenvalue weighted by Gasteiger charge is -2.24. The molecule has 30 heavy (non-hydrogen) atoms. The number of hydrogen-bond donors (Lipinski definition) is 3. The molecule has 0 unspecified atom stereocenters. The number of phenols is 1. The molecule has 0 aromatic heterocycles. The molecule has 3 aromatic rings. The molecule has 152 valence electrons. The van der Waals surface area contributed by atoms with Gasteiger partial charge < -0.3 is 20.7 Å². The van der Waals surface area contributed by atoms with E-state index in [2.05, 4.69) is 0 Å². The predicted octanol–water partition coefficient (Wildman–Crippen LogP) is 3.07. The number of aromatic hydroxyl groups is 1. The molecule has 4 N–H and O–H groups in total. The van der Waals surface area contributed by atoms with Crippen LogP contribution >= 0.6 is 0 Å². The number of aliphatic carboxylic acids is 1. The lowest BCUT2D eigenvalue weighted by atomic mass is 9.91. The zero-order chi connectivity index (χ0) is 21.3. The largest absolute Gasteiger partial charge is 0.508 e. The van der Waals surface area contributed by atoms with Crippen molar-refractivity contribution in [1.29, 1.82) is 0 Å². The van der Waals surface area contributed by atoms with Gasteiger partial charge in [-0.1, -0.05) is 60.7 Å². The van der Waals surface area contributed by atoms with Crippen LogP contribution in [0.25, 0.3) is 11.1 Å². The number of ether oxygens (including phenoxy) is 1. The van der Waals surface area contributed by atoms with Gasteiger partial charge in [-0.2, -0.15) is 0 Å². The van der Waals surface area contributed by atoms with Gasteiger partial charge >= 0.3 is 11.9 Å². The molecule has 1 atom stereocenters. The topological polar surface area (TPSA) is 110 Å². The molecule has 6 heteroatoms. The third kappa shape index (κ3) is 3.42. The Morgan fingerprint density at radius 2 is 1.43 bits per heavy atom. The summed E-state index contributed by atoms with van der Waals surface area (Å²) in [6.07, 6.45) is -0.251. The SMILES string of the molecule is N[C@@](Cc1ccc(O)cc1)(C(=O)O)C(=O)OCC1c2ccccc2-c2ccccc21. The maximum atomic E-state index is 12.8. The Balaban J connectivity index is 1.55. The van der Waals surface area contributed by atoms with E-state index in [-0.39, 0.29) is 24.7 Å². The minimum atomic E-state index is -2.23. The van der Waals surface area contributed by atoms with Crippen molar-refractivity contribution in [2.75, 3.05) is 6.61 Å². The monoisotopic (exact) mass is 403 g/mol. The first-order chi connectivity index (χ1) is 14.4. The molecule has 0 spiro atoms. The van der Waals surface area contributed by atoms with Gasteiger partial charge in [-0.25, -0.2) is 9.59 Å². The molecule has 0 aliphatic heterocycles. The van der Waals surface area contributed by atoms with Gasteiger partial charge in [0.05, 0.1) is 0 Å². The second-order valence-corrected chi connectivity index (χ2v) is 7.45. The summed E-state index contributed by atoms with van der Waals surface area (Å²) in [4.78, 5) is 24.6. The molecule has 0 heterocycles. The molecule has 0 bridgehead atoms. The first-order valence-corrected chi connectivity index (χ1v) is 9.56. The van der Waals surface area contributed by atoms with E-state index in [1.807, 2.05) is 48.5 Å². The summed E-state index contributed by atoms with van der Waals surface area (Å²) >= 11 is 0. The number of nitrogens with two attached hydrogens (primary N) is 1. The van der Waals surface area contributed by atoms with Crippen molar-refractivity contribution >= 4 is 11.9 Å². The number of hydrogen-bond acceptors (Lipinski definition) is 5. The van der Waals surface area contributed by atoms with Gasteiger partial charge in [-0.3, -0.25) is 0 Å². The number of carbonyl (C=O) groups is 2. The molecule has 0 saturated heterocycles. The normalized spacial score (nSPS) is 14.4. The van der Waals surface area contributed by atoms with Crippen LogP contribution in [-0.2, 0) is 20.7 Å². The van der Waals surface area contributed by atoms with Crippen LogP contribution in [-0.4, -0.2) is 34.3 Å². The van der Waals surface area contributed by atoms with Gasteiger partial charge in [-0.05, 0) is 39.9 Å². The minimum absolute atomic E-state index is 0.00529. The van der Waals surface area contributed by atoms with Crippen molar-refractivity contribution in [2.24, 2.45) is 5.73 Å². The molecule has 3 aromatic carbocycles. The summed E-state index contributed by atoms with van der Waals surface area (Å²) in [7, 11) is 0. The summed E-state index contributed by atoms with van der Waals surface area (Å²) in [6, 6.07) is 21.6. The van der Waals surface area contributed by atoms with E-state index in [0.29, 0.717) is 5.56 Å². The summed E-state index contributed by atoms with van der Waals surface area (Å²) in [5, 5.41) is 19.1. The van der Waals surface area contributed by atoms with Crippen LogP contribution in [0.2, 0.25) is 0 Å². The lowest BCUT2D eigenvalue weighted by Crippen LogP contribution is -2.57. The van der Waals surface area contributed by atoms with Crippen LogP contribution in [0.1, 0.15) is 22.6 Å². The second-order valence-electron chi connectivity index (χ2n) is 7.45. The van der Waals surface area contributed by atoms with Gasteiger partial charge in [-0.15, -0.1) is 0 Å². The highest BCUT2D eigenvalue weighted by atomic mass is 16.5. The second kappa shape index (κ2) is 7.65. The summed E-state index contributed by atoms with van der Waals surface area (Å²) in [5.41, 5.74) is 8.49. The summed E-state index contributed by atoms with van der Waals surface area (Å²) in [6.45, 7) is -0.00529. The van der Waals surface area contributed by atoms with E-state index < -0.39 is 17.5 Å². The van der Waals surface area contributed by atoms with Gasteiger partial charge in [0.2, 0.25) is 5.54 Å². The highest BCUT2D eigenvalue weighted by Gasteiger charge is 2.45. The molecule has 0 fully saturated rings. The number of rotatable bonds is 6. The van der Waals surface area contributed by atoms with E-state index in [1.54, 1.807) is 0 Å². The molecule has 1 aliphatic rings. The Kier molecular flexibility index (Phi) is 5.01. The van der Waals surface area contributed by atoms with Crippen LogP contribution < -0.4 is 5.73 Å². The van der Waals surface area contributed by atoms with Crippen LogP contribution in [0, 0.1) is 0 Å². The first-order valence-electron chi connectivity index (χ1n) is 9.56. The zero-order valence-corrected chi connectivity index (χ0v) is 16.1. The molecular weight excluding hydrogens is 382 g/mol. The molecule has 4 rings (SSSR count). The van der Waals surface area contributed by atoms with Crippen molar-refractivity contribution in [3.63, 3.8) is 0 Å². The number of benzene rings is 3. The van der Waals surface area contributed by atoms with Crippen LogP contribution in [0.3, 0.4) is 0 Å². The fourth-order valence-corrected chi connectivity index (χ4v) is 3.90. The predicted molar refractivity (Wildman–Crippen MR) is 111 cm³/mol. The maximum absolute atomic E-state index is 12.8. The number of phenolic OH excluding ortho intramolecular Hbond substituents is 1. The van der Waals surface area contributed by atoms with Crippen molar-refractivity contribution in [3.05, 3.63) is 89.5 Å². The lowest BCUT2D eigenvalue weighted by molar-refractivity contribution is -0.161. The van der Waals surface area contributed by atoms with E-state index in [9.17, 15) is 19.8 Å². The highest BCUT2D eigenvalue weighted by molar-refractivity contribution is 6.04.